The van der Waals surface area contributed by atoms with E-state index in [9.17, 15) is 18.0 Å². The smallest absolute Gasteiger partial charge is 0.312 e. The van der Waals surface area contributed by atoms with E-state index in [1.807, 2.05) is 0 Å². The standard InChI is InChI=1S/C15H13BrF2N2O.C6H4BrF.CH4/c1-14(17,18)15(7-6-9-2-3-9)11-5-4-10(16)8-12(11)19-13(21)20-15;7-5-2-1-3-6(8)4-5;/h4-5,8-9H,2-3H2,1H3,(H2,19,20,21);1-4H;1H4. The Bertz CT molecular complexity index is 977. The van der Waals surface area contributed by atoms with Crippen LogP contribution >= 0.6 is 31.9 Å². The van der Waals surface area contributed by atoms with Crippen molar-refractivity contribution in [2.75, 3.05) is 5.32 Å². The van der Waals surface area contributed by atoms with E-state index in [2.05, 4.69) is 54.3 Å². The highest BCUT2D eigenvalue weighted by atomic mass is 79.9. The summed E-state index contributed by atoms with van der Waals surface area (Å²) in [5.74, 6) is 2.26. The molecule has 1 atom stereocenters. The molecule has 2 amide bonds. The van der Waals surface area contributed by atoms with Crippen molar-refractivity contribution in [2.45, 2.75) is 38.7 Å². The van der Waals surface area contributed by atoms with Gasteiger partial charge in [-0.05, 0) is 43.2 Å². The van der Waals surface area contributed by atoms with Gasteiger partial charge in [-0.2, -0.15) is 0 Å². The number of urea groups is 1. The Labute approximate surface area is 191 Å². The fourth-order valence-electron chi connectivity index (χ4n) is 2.79. The first-order valence-electron chi connectivity index (χ1n) is 8.81. The number of benzene rings is 2. The molecule has 3 nitrogen and oxygen atoms in total. The van der Waals surface area contributed by atoms with Crippen LogP contribution in [0.2, 0.25) is 0 Å². The average molecular weight is 546 g/mol. The lowest BCUT2D eigenvalue weighted by atomic mass is 9.82. The molecule has 4 rings (SSSR count). The zero-order valence-corrected chi connectivity index (χ0v) is 18.5. The first kappa shape index (κ1) is 24.3. The minimum Gasteiger partial charge on any atom is -0.312 e. The largest absolute Gasteiger partial charge is 0.320 e. The van der Waals surface area contributed by atoms with Gasteiger partial charge in [-0.1, -0.05) is 63.3 Å². The number of fused-ring (bicyclic) bond motifs is 1. The topological polar surface area (TPSA) is 41.1 Å². The van der Waals surface area contributed by atoms with Crippen LogP contribution in [0.25, 0.3) is 0 Å². The second-order valence-electron chi connectivity index (χ2n) is 6.89. The number of nitrogens with one attached hydrogen (secondary N) is 2. The van der Waals surface area contributed by atoms with Gasteiger partial charge in [0.25, 0.3) is 5.92 Å². The van der Waals surface area contributed by atoms with Crippen molar-refractivity contribution in [1.29, 1.82) is 0 Å². The summed E-state index contributed by atoms with van der Waals surface area (Å²) in [5.41, 5.74) is -1.36. The van der Waals surface area contributed by atoms with Crippen LogP contribution in [0.4, 0.5) is 23.7 Å². The molecule has 1 unspecified atom stereocenters. The molecule has 30 heavy (non-hydrogen) atoms. The molecular weight excluding hydrogens is 525 g/mol. The highest BCUT2D eigenvalue weighted by molar-refractivity contribution is 9.10. The van der Waals surface area contributed by atoms with Crippen molar-refractivity contribution < 1.29 is 18.0 Å². The van der Waals surface area contributed by atoms with Crippen LogP contribution in [0.1, 0.15) is 32.8 Å². The fourth-order valence-corrected chi connectivity index (χ4v) is 3.52. The third kappa shape index (κ3) is 5.58. The minimum absolute atomic E-state index is 0. The average Bonchev–Trinajstić information content (AvgIpc) is 3.43. The fraction of sp³-hybridized carbons (Fsp3) is 0.318. The molecule has 2 N–H and O–H groups in total. The molecule has 2 aromatic rings. The SMILES string of the molecule is C.CC(F)(F)C1(C#CC2CC2)NC(=O)Nc2cc(Br)ccc21.Fc1cccc(Br)c1. The summed E-state index contributed by atoms with van der Waals surface area (Å²) >= 11 is 6.40. The van der Waals surface area contributed by atoms with Gasteiger partial charge in [-0.15, -0.1) is 0 Å². The third-order valence-corrected chi connectivity index (χ3v) is 5.41. The molecule has 0 saturated heterocycles. The Morgan fingerprint density at radius 3 is 2.33 bits per heavy atom. The highest BCUT2D eigenvalue weighted by Gasteiger charge is 2.55. The van der Waals surface area contributed by atoms with Crippen molar-refractivity contribution in [3.05, 3.63) is 62.8 Å². The number of carbonyl (C=O) groups is 1. The molecule has 2 aromatic carbocycles. The molecule has 1 aliphatic carbocycles. The first-order valence-corrected chi connectivity index (χ1v) is 10.4. The number of amides is 2. The lowest BCUT2D eigenvalue weighted by Gasteiger charge is -2.39. The number of hydrogen-bond acceptors (Lipinski definition) is 1. The number of hydrogen-bond donors (Lipinski definition) is 2. The van der Waals surface area contributed by atoms with E-state index in [0.717, 1.165) is 24.2 Å². The van der Waals surface area contributed by atoms with Crippen molar-refractivity contribution in [2.24, 2.45) is 5.92 Å². The normalized spacial score (nSPS) is 19.5. The van der Waals surface area contributed by atoms with Crippen molar-refractivity contribution in [3.8, 4) is 11.8 Å². The maximum atomic E-state index is 14.3. The Hall–Kier alpha value is -1.98. The highest BCUT2D eigenvalue weighted by Crippen LogP contribution is 2.43. The van der Waals surface area contributed by atoms with Gasteiger partial charge in [0.15, 0.2) is 5.54 Å². The summed E-state index contributed by atoms with van der Waals surface area (Å²) in [4.78, 5) is 11.8. The zero-order chi connectivity index (χ0) is 21.2. The molecule has 2 aliphatic rings. The Balaban J connectivity index is 0.000000302. The number of carbonyl (C=O) groups excluding carboxylic acids is 1. The molecule has 160 valence electrons. The lowest BCUT2D eigenvalue weighted by molar-refractivity contribution is -0.0464. The summed E-state index contributed by atoms with van der Waals surface area (Å²) in [6.07, 6.45) is 1.86. The molecule has 1 fully saturated rings. The van der Waals surface area contributed by atoms with Crippen molar-refractivity contribution in [3.63, 3.8) is 0 Å². The summed E-state index contributed by atoms with van der Waals surface area (Å²) in [6, 6.07) is 10.4. The Kier molecular flexibility index (Phi) is 7.64. The summed E-state index contributed by atoms with van der Waals surface area (Å²) < 4.78 is 42.3. The van der Waals surface area contributed by atoms with E-state index in [1.165, 1.54) is 12.1 Å². The molecule has 1 heterocycles. The second kappa shape index (κ2) is 9.44. The molecule has 0 aromatic heterocycles. The Morgan fingerprint density at radius 1 is 1.13 bits per heavy atom. The lowest BCUT2D eigenvalue weighted by Crippen LogP contribution is -2.59. The number of anilines is 1. The third-order valence-electron chi connectivity index (χ3n) is 4.42. The van der Waals surface area contributed by atoms with Gasteiger partial charge in [0.05, 0.1) is 5.69 Å². The van der Waals surface area contributed by atoms with Gasteiger partial charge in [0.1, 0.15) is 5.82 Å². The van der Waals surface area contributed by atoms with E-state index in [0.29, 0.717) is 10.2 Å². The molecule has 8 heteroatoms. The second-order valence-corrected chi connectivity index (χ2v) is 8.72. The molecule has 1 saturated carbocycles. The van der Waals surface area contributed by atoms with Crippen LogP contribution < -0.4 is 10.6 Å². The van der Waals surface area contributed by atoms with E-state index in [4.69, 9.17) is 0 Å². The van der Waals surface area contributed by atoms with Crippen molar-refractivity contribution >= 4 is 43.6 Å². The first-order chi connectivity index (χ1) is 13.6. The van der Waals surface area contributed by atoms with Gasteiger partial charge < -0.3 is 10.6 Å². The van der Waals surface area contributed by atoms with Crippen LogP contribution in [-0.4, -0.2) is 12.0 Å². The Morgan fingerprint density at radius 2 is 1.80 bits per heavy atom. The number of halogens is 5. The predicted molar refractivity (Wildman–Crippen MR) is 120 cm³/mol. The molecule has 0 spiro atoms. The molecule has 1 aliphatic heterocycles. The van der Waals surface area contributed by atoms with E-state index in [1.54, 1.807) is 30.3 Å². The molecular formula is C22H21Br2F3N2O. The number of rotatable bonds is 1. The summed E-state index contributed by atoms with van der Waals surface area (Å²) in [5, 5.41) is 4.89. The van der Waals surface area contributed by atoms with Crippen LogP contribution in [0.5, 0.6) is 0 Å². The van der Waals surface area contributed by atoms with Gasteiger partial charge in [-0.3, -0.25) is 0 Å². The van der Waals surface area contributed by atoms with E-state index in [-0.39, 0.29) is 24.7 Å². The summed E-state index contributed by atoms with van der Waals surface area (Å²) in [6.45, 7) is 0.784. The monoisotopic (exact) mass is 544 g/mol. The van der Waals surface area contributed by atoms with Gasteiger partial charge in [0.2, 0.25) is 0 Å². The van der Waals surface area contributed by atoms with Crippen LogP contribution in [0.15, 0.2) is 51.4 Å². The van der Waals surface area contributed by atoms with E-state index >= 15 is 0 Å². The van der Waals surface area contributed by atoms with Crippen LogP contribution in [0, 0.1) is 23.6 Å². The van der Waals surface area contributed by atoms with Crippen LogP contribution in [0.3, 0.4) is 0 Å². The van der Waals surface area contributed by atoms with Gasteiger partial charge >= 0.3 is 6.03 Å². The minimum atomic E-state index is -3.21. The predicted octanol–water partition coefficient (Wildman–Crippen LogP) is 7.07. The quantitative estimate of drug-likeness (QED) is 0.370. The maximum absolute atomic E-state index is 14.3. The van der Waals surface area contributed by atoms with E-state index < -0.39 is 17.5 Å². The van der Waals surface area contributed by atoms with Gasteiger partial charge in [0, 0.05) is 27.4 Å². The van der Waals surface area contributed by atoms with Crippen molar-refractivity contribution in [1.82, 2.24) is 5.32 Å². The summed E-state index contributed by atoms with van der Waals surface area (Å²) in [7, 11) is 0. The van der Waals surface area contributed by atoms with Crippen LogP contribution in [-0.2, 0) is 5.54 Å². The van der Waals surface area contributed by atoms with Gasteiger partial charge in [-0.25, -0.2) is 18.0 Å². The molecule has 0 radical (unpaired) electrons. The zero-order valence-electron chi connectivity index (χ0n) is 15.3. The number of alkyl halides is 2. The molecule has 0 bridgehead atoms. The maximum Gasteiger partial charge on any atom is 0.320 e.